The summed E-state index contributed by atoms with van der Waals surface area (Å²) >= 11 is 0. The van der Waals surface area contributed by atoms with Crippen molar-refractivity contribution in [1.29, 1.82) is 0 Å². The number of anilines is 1. The summed E-state index contributed by atoms with van der Waals surface area (Å²) in [6, 6.07) is 2.63. The lowest BCUT2D eigenvalue weighted by Crippen LogP contribution is -2.13. The average Bonchev–Trinajstić information content (AvgIpc) is 3.22. The molecule has 3 nitrogen and oxygen atoms in total. The Morgan fingerprint density at radius 1 is 1.45 bits per heavy atom. The summed E-state index contributed by atoms with van der Waals surface area (Å²) < 4.78 is 13.6. The van der Waals surface area contributed by atoms with E-state index in [0.717, 1.165) is 0 Å². The van der Waals surface area contributed by atoms with Crippen molar-refractivity contribution in [3.8, 4) is 0 Å². The lowest BCUT2D eigenvalue weighted by molar-refractivity contribution is 0.0692. The molecule has 0 amide bonds. The maximum Gasteiger partial charge on any atom is 0.338 e. The third-order valence-electron chi connectivity index (χ3n) is 3.59. The molecule has 0 saturated heterocycles. The Kier molecular flexibility index (Phi) is 2.96. The lowest BCUT2D eigenvalue weighted by atomic mass is 10.1. The van der Waals surface area contributed by atoms with E-state index < -0.39 is 11.8 Å². The number of halogens is 1. The van der Waals surface area contributed by atoms with Crippen LogP contribution in [0.4, 0.5) is 10.1 Å². The van der Waals surface area contributed by atoms with Gasteiger partial charge in [-0.1, -0.05) is 0 Å². The molecule has 20 heavy (non-hydrogen) atoms. The van der Waals surface area contributed by atoms with Crippen molar-refractivity contribution in [1.82, 2.24) is 0 Å². The number of allylic oxidation sites excluding steroid dienone is 2. The molecule has 1 fully saturated rings. The fraction of sp³-hybridized carbons (Fsp3) is 0.250. The monoisotopic (exact) mass is 271 g/mol. The average molecular weight is 271 g/mol. The molecule has 0 atom stereocenters. The van der Waals surface area contributed by atoms with E-state index >= 15 is 0 Å². The van der Waals surface area contributed by atoms with E-state index in [4.69, 9.17) is 5.11 Å². The fourth-order valence-electron chi connectivity index (χ4n) is 2.33. The number of rotatable bonds is 3. The molecule has 2 aliphatic rings. The topological polar surface area (TPSA) is 40.5 Å². The molecular formula is C16H14FNO2. The molecule has 0 unspecified atom stereocenters. The Balaban J connectivity index is 2.04. The van der Waals surface area contributed by atoms with E-state index in [1.165, 1.54) is 30.5 Å². The van der Waals surface area contributed by atoms with Gasteiger partial charge in [-0.3, -0.25) is 0 Å². The molecule has 3 rings (SSSR count). The molecule has 1 aliphatic carbocycles. The minimum Gasteiger partial charge on any atom is -0.478 e. The van der Waals surface area contributed by atoms with Crippen molar-refractivity contribution < 1.29 is 14.3 Å². The third kappa shape index (κ3) is 2.26. The van der Waals surface area contributed by atoms with Crippen molar-refractivity contribution >= 4 is 11.7 Å². The molecule has 0 radical (unpaired) electrons. The van der Waals surface area contributed by atoms with Crippen LogP contribution in [0.5, 0.6) is 0 Å². The number of hydrogen-bond acceptors (Lipinski definition) is 2. The minimum atomic E-state index is -1.26. The Hall–Kier alpha value is -2.32. The molecule has 1 N–H and O–H groups in total. The van der Waals surface area contributed by atoms with E-state index in [-0.39, 0.29) is 5.56 Å². The minimum absolute atomic E-state index is 0.310. The van der Waals surface area contributed by atoms with E-state index in [2.05, 4.69) is 5.73 Å². The summed E-state index contributed by atoms with van der Waals surface area (Å²) in [5.41, 5.74) is 5.30. The van der Waals surface area contributed by atoms with Crippen LogP contribution in [0.1, 0.15) is 28.8 Å². The first kappa shape index (κ1) is 12.7. The van der Waals surface area contributed by atoms with Crippen LogP contribution < -0.4 is 4.90 Å². The number of aromatic carboxylic acids is 1. The van der Waals surface area contributed by atoms with Gasteiger partial charge in [-0.2, -0.15) is 0 Å². The van der Waals surface area contributed by atoms with Gasteiger partial charge in [-0.15, -0.1) is 5.73 Å². The van der Waals surface area contributed by atoms with Gasteiger partial charge in [0, 0.05) is 11.9 Å². The van der Waals surface area contributed by atoms with Gasteiger partial charge in [0.1, 0.15) is 5.82 Å². The van der Waals surface area contributed by atoms with Crippen molar-refractivity contribution in [3.63, 3.8) is 0 Å². The number of aryl methyl sites for hydroxylation is 1. The first-order valence-corrected chi connectivity index (χ1v) is 6.52. The zero-order chi connectivity index (χ0) is 14.3. The van der Waals surface area contributed by atoms with Gasteiger partial charge >= 0.3 is 5.97 Å². The largest absolute Gasteiger partial charge is 0.478 e. The van der Waals surface area contributed by atoms with Crippen LogP contribution in [0.2, 0.25) is 0 Å². The first-order valence-electron chi connectivity index (χ1n) is 6.52. The number of nitrogens with zero attached hydrogens (tertiary/aromatic N) is 1. The van der Waals surface area contributed by atoms with Crippen LogP contribution in [-0.2, 0) is 0 Å². The van der Waals surface area contributed by atoms with E-state index in [9.17, 15) is 9.18 Å². The highest BCUT2D eigenvalue weighted by atomic mass is 19.1. The van der Waals surface area contributed by atoms with Gasteiger partial charge < -0.3 is 10.0 Å². The molecule has 1 aromatic carbocycles. The number of carbonyl (C=O) groups is 1. The molecule has 102 valence electrons. The van der Waals surface area contributed by atoms with Gasteiger partial charge in [-0.05, 0) is 55.0 Å². The van der Waals surface area contributed by atoms with Gasteiger partial charge in [0.2, 0.25) is 0 Å². The molecule has 4 heteroatoms. The number of hydrogen-bond donors (Lipinski definition) is 1. The SMILES string of the molecule is Cc1cc(F)c(C(=O)O)cc1N1C=C=CC(C2CC2)=C1. The van der Waals surface area contributed by atoms with Gasteiger partial charge in [0.15, 0.2) is 0 Å². The quantitative estimate of drug-likeness (QED) is 0.854. The van der Waals surface area contributed by atoms with Crippen LogP contribution >= 0.6 is 0 Å². The molecule has 1 aromatic rings. The summed E-state index contributed by atoms with van der Waals surface area (Å²) in [7, 11) is 0. The van der Waals surface area contributed by atoms with E-state index in [1.54, 1.807) is 13.1 Å². The fourth-order valence-corrected chi connectivity index (χ4v) is 2.33. The number of benzene rings is 1. The van der Waals surface area contributed by atoms with Crippen LogP contribution in [0.15, 0.2) is 41.9 Å². The first-order chi connectivity index (χ1) is 9.56. The van der Waals surface area contributed by atoms with Crippen LogP contribution in [-0.4, -0.2) is 11.1 Å². The number of carboxylic acid groups (broad SMARTS) is 1. The van der Waals surface area contributed by atoms with Crippen LogP contribution in [0.3, 0.4) is 0 Å². The molecular weight excluding hydrogens is 257 g/mol. The van der Waals surface area contributed by atoms with Gasteiger partial charge in [0.05, 0.1) is 11.8 Å². The summed E-state index contributed by atoms with van der Waals surface area (Å²) in [5.74, 6) is -1.38. The zero-order valence-electron chi connectivity index (χ0n) is 11.1. The van der Waals surface area contributed by atoms with Gasteiger partial charge in [0.25, 0.3) is 0 Å². The second kappa shape index (κ2) is 4.66. The Bertz CT molecular complexity index is 680. The second-order valence-corrected chi connectivity index (χ2v) is 5.17. The Morgan fingerprint density at radius 3 is 2.85 bits per heavy atom. The van der Waals surface area contributed by atoms with Crippen molar-refractivity contribution in [3.05, 3.63) is 58.9 Å². The standard InChI is InChI=1S/C16H14FNO2/c1-10-7-14(17)13(16(19)20)8-15(10)18-6-2-3-12(9-18)11-4-5-11/h3,6-9,11H,4-5H2,1H3,(H,19,20). The van der Waals surface area contributed by atoms with E-state index in [0.29, 0.717) is 17.2 Å². The third-order valence-corrected chi connectivity index (χ3v) is 3.59. The Morgan fingerprint density at radius 2 is 2.20 bits per heavy atom. The summed E-state index contributed by atoms with van der Waals surface area (Å²) in [6.07, 6.45) is 8.02. The molecule has 0 aromatic heterocycles. The highest BCUT2D eigenvalue weighted by molar-refractivity contribution is 5.89. The summed E-state index contributed by atoms with van der Waals surface area (Å²) in [6.45, 7) is 1.76. The van der Waals surface area contributed by atoms with Crippen molar-refractivity contribution in [2.75, 3.05) is 4.90 Å². The molecule has 0 spiro atoms. The van der Waals surface area contributed by atoms with Crippen molar-refractivity contribution in [2.45, 2.75) is 19.8 Å². The summed E-state index contributed by atoms with van der Waals surface area (Å²) in [4.78, 5) is 12.9. The Labute approximate surface area is 116 Å². The highest BCUT2D eigenvalue weighted by Crippen LogP contribution is 2.38. The maximum atomic E-state index is 13.6. The maximum absolute atomic E-state index is 13.6. The summed E-state index contributed by atoms with van der Waals surface area (Å²) in [5, 5.41) is 9.02. The van der Waals surface area contributed by atoms with E-state index in [1.807, 2.05) is 17.2 Å². The lowest BCUT2D eigenvalue weighted by Gasteiger charge is -2.21. The molecule has 0 bridgehead atoms. The van der Waals surface area contributed by atoms with Gasteiger partial charge in [-0.25, -0.2) is 9.18 Å². The predicted octanol–water partition coefficient (Wildman–Crippen LogP) is 3.62. The molecule has 1 saturated carbocycles. The highest BCUT2D eigenvalue weighted by Gasteiger charge is 2.26. The zero-order valence-corrected chi connectivity index (χ0v) is 11.1. The molecule has 1 heterocycles. The predicted molar refractivity (Wildman–Crippen MR) is 74.0 cm³/mol. The normalized spacial score (nSPS) is 17.3. The van der Waals surface area contributed by atoms with Crippen LogP contribution in [0, 0.1) is 18.7 Å². The smallest absolute Gasteiger partial charge is 0.338 e. The molecule has 1 aliphatic heterocycles. The van der Waals surface area contributed by atoms with Crippen LogP contribution in [0.25, 0.3) is 0 Å². The number of carboxylic acids is 1. The second-order valence-electron chi connectivity index (χ2n) is 5.17. The van der Waals surface area contributed by atoms with Crippen molar-refractivity contribution in [2.24, 2.45) is 5.92 Å².